The van der Waals surface area contributed by atoms with E-state index in [4.69, 9.17) is 0 Å². The Morgan fingerprint density at radius 3 is 3.13 bits per heavy atom. The summed E-state index contributed by atoms with van der Waals surface area (Å²) in [6.07, 6.45) is 4.26. The second-order valence-corrected chi connectivity index (χ2v) is 4.97. The standard InChI is InChI=1S/C11H15BrN2O/c12-9-3-1-6-14-10(9)7-11(15)4-2-5-13-8-11/h1,3,6,13,15H,2,4-5,7-8H2. The van der Waals surface area contributed by atoms with Gasteiger partial charge in [0.25, 0.3) is 0 Å². The first-order valence-corrected chi connectivity index (χ1v) is 6.01. The number of nitrogens with zero attached hydrogens (tertiary/aromatic N) is 1. The molecule has 1 aliphatic rings. The molecule has 1 unspecified atom stereocenters. The van der Waals surface area contributed by atoms with Gasteiger partial charge in [0, 0.05) is 23.6 Å². The summed E-state index contributed by atoms with van der Waals surface area (Å²) in [5.74, 6) is 0. The molecular formula is C11H15BrN2O. The van der Waals surface area contributed by atoms with E-state index >= 15 is 0 Å². The van der Waals surface area contributed by atoms with Crippen LogP contribution in [0.4, 0.5) is 0 Å². The number of hydrogen-bond acceptors (Lipinski definition) is 3. The summed E-state index contributed by atoms with van der Waals surface area (Å²) >= 11 is 3.45. The van der Waals surface area contributed by atoms with Gasteiger partial charge >= 0.3 is 0 Å². The number of aromatic nitrogens is 1. The number of aliphatic hydroxyl groups is 1. The lowest BCUT2D eigenvalue weighted by molar-refractivity contribution is 0.0159. The van der Waals surface area contributed by atoms with Gasteiger partial charge in [0.2, 0.25) is 0 Å². The molecule has 0 saturated carbocycles. The Morgan fingerprint density at radius 1 is 1.60 bits per heavy atom. The van der Waals surface area contributed by atoms with Gasteiger partial charge in [-0.25, -0.2) is 0 Å². The Kier molecular flexibility index (Phi) is 3.38. The Labute approximate surface area is 98.0 Å². The summed E-state index contributed by atoms with van der Waals surface area (Å²) in [4.78, 5) is 4.28. The van der Waals surface area contributed by atoms with Gasteiger partial charge < -0.3 is 10.4 Å². The van der Waals surface area contributed by atoms with Gasteiger partial charge in [-0.05, 0) is 47.4 Å². The summed E-state index contributed by atoms with van der Waals surface area (Å²) in [6, 6.07) is 3.85. The molecule has 2 N–H and O–H groups in total. The van der Waals surface area contributed by atoms with Crippen LogP contribution >= 0.6 is 15.9 Å². The normalized spacial score (nSPS) is 26.5. The van der Waals surface area contributed by atoms with Gasteiger partial charge in [-0.3, -0.25) is 4.98 Å². The molecule has 1 aromatic heterocycles. The molecule has 1 fully saturated rings. The molecule has 3 nitrogen and oxygen atoms in total. The van der Waals surface area contributed by atoms with E-state index in [9.17, 15) is 5.11 Å². The highest BCUT2D eigenvalue weighted by Gasteiger charge is 2.30. The third-order valence-electron chi connectivity index (χ3n) is 2.78. The highest BCUT2D eigenvalue weighted by Crippen LogP contribution is 2.24. The van der Waals surface area contributed by atoms with E-state index < -0.39 is 5.60 Å². The van der Waals surface area contributed by atoms with E-state index in [1.807, 2.05) is 12.1 Å². The monoisotopic (exact) mass is 270 g/mol. The van der Waals surface area contributed by atoms with E-state index in [2.05, 4.69) is 26.2 Å². The number of β-amino-alcohol motifs (C(OH)–C–C–N with tert-alkyl or cyclic N) is 1. The molecule has 1 atom stereocenters. The predicted molar refractivity (Wildman–Crippen MR) is 62.7 cm³/mol. The van der Waals surface area contributed by atoms with Crippen molar-refractivity contribution in [3.05, 3.63) is 28.5 Å². The lowest BCUT2D eigenvalue weighted by Crippen LogP contribution is -2.47. The van der Waals surface area contributed by atoms with Crippen molar-refractivity contribution >= 4 is 15.9 Å². The highest BCUT2D eigenvalue weighted by atomic mass is 79.9. The van der Waals surface area contributed by atoms with Crippen LogP contribution in [0.2, 0.25) is 0 Å². The second kappa shape index (κ2) is 4.60. The topological polar surface area (TPSA) is 45.2 Å². The molecule has 1 saturated heterocycles. The van der Waals surface area contributed by atoms with Crippen molar-refractivity contribution in [2.45, 2.75) is 24.9 Å². The fourth-order valence-corrected chi connectivity index (χ4v) is 2.36. The van der Waals surface area contributed by atoms with Crippen LogP contribution in [0.1, 0.15) is 18.5 Å². The maximum atomic E-state index is 10.3. The zero-order valence-electron chi connectivity index (χ0n) is 8.54. The van der Waals surface area contributed by atoms with Crippen LogP contribution in [-0.4, -0.2) is 28.8 Å². The quantitative estimate of drug-likeness (QED) is 0.856. The fraction of sp³-hybridized carbons (Fsp3) is 0.545. The van der Waals surface area contributed by atoms with E-state index in [1.165, 1.54) is 0 Å². The third-order valence-corrected chi connectivity index (χ3v) is 3.50. The van der Waals surface area contributed by atoms with Crippen molar-refractivity contribution in [3.8, 4) is 0 Å². The van der Waals surface area contributed by atoms with Gasteiger partial charge in [0.05, 0.1) is 11.3 Å². The van der Waals surface area contributed by atoms with Crippen LogP contribution < -0.4 is 5.32 Å². The van der Waals surface area contributed by atoms with Crippen molar-refractivity contribution < 1.29 is 5.11 Å². The van der Waals surface area contributed by atoms with Crippen LogP contribution in [0.25, 0.3) is 0 Å². The minimum atomic E-state index is -0.630. The Bertz CT molecular complexity index is 337. The molecule has 4 heteroatoms. The largest absolute Gasteiger partial charge is 0.388 e. The minimum absolute atomic E-state index is 0.613. The molecule has 0 bridgehead atoms. The van der Waals surface area contributed by atoms with Gasteiger partial charge in [-0.15, -0.1) is 0 Å². The minimum Gasteiger partial charge on any atom is -0.388 e. The van der Waals surface area contributed by atoms with Gasteiger partial charge in [0.1, 0.15) is 0 Å². The first-order chi connectivity index (χ1) is 7.20. The van der Waals surface area contributed by atoms with Gasteiger partial charge in [-0.2, -0.15) is 0 Å². The predicted octanol–water partition coefficient (Wildman–Crippen LogP) is 1.50. The number of halogens is 1. The molecule has 1 aliphatic heterocycles. The first-order valence-electron chi connectivity index (χ1n) is 5.22. The van der Waals surface area contributed by atoms with Crippen LogP contribution in [0.5, 0.6) is 0 Å². The fourth-order valence-electron chi connectivity index (χ4n) is 1.96. The summed E-state index contributed by atoms with van der Waals surface area (Å²) < 4.78 is 0.976. The summed E-state index contributed by atoms with van der Waals surface area (Å²) in [7, 11) is 0. The smallest absolute Gasteiger partial charge is 0.0827 e. The molecule has 0 spiro atoms. The number of piperidine rings is 1. The zero-order valence-corrected chi connectivity index (χ0v) is 10.1. The summed E-state index contributed by atoms with van der Waals surface area (Å²) in [5.41, 5.74) is 0.304. The molecule has 0 aliphatic carbocycles. The number of pyridine rings is 1. The second-order valence-electron chi connectivity index (χ2n) is 4.11. The van der Waals surface area contributed by atoms with Crippen molar-refractivity contribution in [1.82, 2.24) is 10.3 Å². The van der Waals surface area contributed by atoms with E-state index in [0.717, 1.165) is 29.6 Å². The zero-order chi connectivity index (χ0) is 10.7. The molecular weight excluding hydrogens is 256 g/mol. The molecule has 2 rings (SSSR count). The molecule has 1 aromatic rings. The molecule has 2 heterocycles. The molecule has 15 heavy (non-hydrogen) atoms. The average Bonchev–Trinajstić information content (AvgIpc) is 2.22. The van der Waals surface area contributed by atoms with Crippen molar-refractivity contribution in [1.29, 1.82) is 0 Å². The molecule has 0 amide bonds. The number of rotatable bonds is 2. The third kappa shape index (κ3) is 2.77. The molecule has 0 aromatic carbocycles. The van der Waals surface area contributed by atoms with E-state index in [-0.39, 0.29) is 0 Å². The number of hydrogen-bond donors (Lipinski definition) is 2. The van der Waals surface area contributed by atoms with Crippen LogP contribution in [0, 0.1) is 0 Å². The Morgan fingerprint density at radius 2 is 2.47 bits per heavy atom. The summed E-state index contributed by atoms with van der Waals surface area (Å²) in [6.45, 7) is 1.67. The molecule has 82 valence electrons. The Hall–Kier alpha value is -0.450. The van der Waals surface area contributed by atoms with Crippen LogP contribution in [-0.2, 0) is 6.42 Å². The lowest BCUT2D eigenvalue weighted by atomic mass is 9.89. The maximum absolute atomic E-state index is 10.3. The lowest BCUT2D eigenvalue weighted by Gasteiger charge is -2.32. The molecule has 0 radical (unpaired) electrons. The van der Waals surface area contributed by atoms with Crippen LogP contribution in [0.15, 0.2) is 22.8 Å². The average molecular weight is 271 g/mol. The van der Waals surface area contributed by atoms with Gasteiger partial charge in [0.15, 0.2) is 0 Å². The summed E-state index contributed by atoms with van der Waals surface area (Å²) in [5, 5.41) is 13.5. The highest BCUT2D eigenvalue weighted by molar-refractivity contribution is 9.10. The van der Waals surface area contributed by atoms with Crippen LogP contribution in [0.3, 0.4) is 0 Å². The SMILES string of the molecule is OC1(Cc2ncccc2Br)CCCNC1. The van der Waals surface area contributed by atoms with E-state index in [0.29, 0.717) is 13.0 Å². The van der Waals surface area contributed by atoms with Crippen molar-refractivity contribution in [3.63, 3.8) is 0 Å². The Balaban J connectivity index is 2.10. The first kappa shape index (κ1) is 11.0. The van der Waals surface area contributed by atoms with E-state index in [1.54, 1.807) is 6.20 Å². The van der Waals surface area contributed by atoms with Gasteiger partial charge in [-0.1, -0.05) is 0 Å². The van der Waals surface area contributed by atoms with Crippen molar-refractivity contribution in [2.24, 2.45) is 0 Å². The number of nitrogens with one attached hydrogen (secondary N) is 1. The van der Waals surface area contributed by atoms with Crippen molar-refractivity contribution in [2.75, 3.05) is 13.1 Å². The maximum Gasteiger partial charge on any atom is 0.0827 e.